The van der Waals surface area contributed by atoms with Crippen molar-refractivity contribution in [1.29, 1.82) is 0 Å². The van der Waals surface area contributed by atoms with Gasteiger partial charge in [-0.15, -0.1) is 0 Å². The molecule has 6 heteroatoms. The second kappa shape index (κ2) is 6.62. The summed E-state index contributed by atoms with van der Waals surface area (Å²) in [6.07, 6.45) is 0. The van der Waals surface area contributed by atoms with Crippen LogP contribution >= 0.6 is 0 Å². The number of nitrogens with zero attached hydrogens (tertiary/aromatic N) is 1. The Morgan fingerprint density at radius 3 is 2.38 bits per heavy atom. The summed E-state index contributed by atoms with van der Waals surface area (Å²) >= 11 is 0. The molecule has 0 unspecified atom stereocenters. The standard InChI is InChI=1S/C15H16N2O4/c1-20-12-6-7-13(15(16)17-19)14(8-12)21-11-4-2-10(9-18)3-5-11/h2-8,18-19H,9H2,1H3,(H2,16,17). The molecule has 4 N–H and O–H groups in total. The fourth-order valence-corrected chi connectivity index (χ4v) is 1.77. The van der Waals surface area contributed by atoms with Crippen molar-refractivity contribution in [2.75, 3.05) is 7.11 Å². The van der Waals surface area contributed by atoms with Crippen molar-refractivity contribution < 1.29 is 19.8 Å². The highest BCUT2D eigenvalue weighted by molar-refractivity contribution is 5.99. The van der Waals surface area contributed by atoms with Crippen molar-refractivity contribution in [3.63, 3.8) is 0 Å². The maximum absolute atomic E-state index is 9.02. The molecular formula is C15H16N2O4. The van der Waals surface area contributed by atoms with E-state index in [9.17, 15) is 0 Å². The molecule has 0 aliphatic carbocycles. The molecule has 110 valence electrons. The van der Waals surface area contributed by atoms with Gasteiger partial charge in [0.05, 0.1) is 19.3 Å². The summed E-state index contributed by atoms with van der Waals surface area (Å²) in [4.78, 5) is 0. The van der Waals surface area contributed by atoms with Crippen LogP contribution in [0.15, 0.2) is 47.6 Å². The third kappa shape index (κ3) is 3.43. The monoisotopic (exact) mass is 288 g/mol. The van der Waals surface area contributed by atoms with Crippen LogP contribution in [-0.2, 0) is 6.61 Å². The average Bonchev–Trinajstić information content (AvgIpc) is 2.54. The smallest absolute Gasteiger partial charge is 0.173 e. The zero-order valence-corrected chi connectivity index (χ0v) is 11.5. The maximum atomic E-state index is 9.02. The number of aliphatic hydroxyl groups is 1. The van der Waals surface area contributed by atoms with Gasteiger partial charge in [0.15, 0.2) is 5.84 Å². The van der Waals surface area contributed by atoms with E-state index in [1.807, 2.05) is 0 Å². The molecule has 0 radical (unpaired) electrons. The van der Waals surface area contributed by atoms with Gasteiger partial charge in [0, 0.05) is 6.07 Å². The van der Waals surface area contributed by atoms with Crippen molar-refractivity contribution in [2.45, 2.75) is 6.61 Å². The minimum absolute atomic E-state index is 0.0329. The number of ether oxygens (including phenoxy) is 2. The molecule has 0 saturated heterocycles. The van der Waals surface area contributed by atoms with E-state index in [0.717, 1.165) is 5.56 Å². The fraction of sp³-hybridized carbons (Fsp3) is 0.133. The minimum Gasteiger partial charge on any atom is -0.497 e. The predicted octanol–water partition coefficient (Wildman–Crippen LogP) is 2.07. The molecule has 0 aromatic heterocycles. The lowest BCUT2D eigenvalue weighted by Crippen LogP contribution is -2.14. The largest absolute Gasteiger partial charge is 0.497 e. The van der Waals surface area contributed by atoms with E-state index in [4.69, 9.17) is 25.5 Å². The lowest BCUT2D eigenvalue weighted by Gasteiger charge is -2.12. The van der Waals surface area contributed by atoms with E-state index in [1.54, 1.807) is 42.5 Å². The quantitative estimate of drug-likeness (QED) is 0.339. The minimum atomic E-state index is -0.0559. The summed E-state index contributed by atoms with van der Waals surface area (Å²) in [5.41, 5.74) is 6.86. The molecule has 0 saturated carbocycles. The molecular weight excluding hydrogens is 272 g/mol. The number of benzene rings is 2. The molecule has 0 bridgehead atoms. The molecule has 0 aliphatic heterocycles. The highest BCUT2D eigenvalue weighted by Crippen LogP contribution is 2.29. The van der Waals surface area contributed by atoms with Crippen molar-refractivity contribution in [3.05, 3.63) is 53.6 Å². The van der Waals surface area contributed by atoms with Gasteiger partial charge >= 0.3 is 0 Å². The van der Waals surface area contributed by atoms with Crippen LogP contribution in [0.5, 0.6) is 17.2 Å². The summed E-state index contributed by atoms with van der Waals surface area (Å²) in [5, 5.41) is 20.8. The first-order chi connectivity index (χ1) is 10.2. The molecule has 0 fully saturated rings. The van der Waals surface area contributed by atoms with Crippen LogP contribution in [0.2, 0.25) is 0 Å². The molecule has 21 heavy (non-hydrogen) atoms. The molecule has 2 rings (SSSR count). The Kier molecular flexibility index (Phi) is 4.63. The predicted molar refractivity (Wildman–Crippen MR) is 77.9 cm³/mol. The van der Waals surface area contributed by atoms with E-state index < -0.39 is 0 Å². The second-order valence-electron chi connectivity index (χ2n) is 4.25. The van der Waals surface area contributed by atoms with Gasteiger partial charge in [-0.2, -0.15) is 0 Å². The molecule has 0 aliphatic rings. The lowest BCUT2D eigenvalue weighted by molar-refractivity contribution is 0.281. The Labute approximate surface area is 122 Å². The van der Waals surface area contributed by atoms with E-state index in [2.05, 4.69) is 5.16 Å². The first-order valence-electron chi connectivity index (χ1n) is 6.21. The Hall–Kier alpha value is -2.73. The molecule has 6 nitrogen and oxygen atoms in total. The Balaban J connectivity index is 2.35. The van der Waals surface area contributed by atoms with Crippen molar-refractivity contribution >= 4 is 5.84 Å². The van der Waals surface area contributed by atoms with Crippen LogP contribution in [0.25, 0.3) is 0 Å². The van der Waals surface area contributed by atoms with E-state index in [0.29, 0.717) is 22.8 Å². The van der Waals surface area contributed by atoms with Crippen LogP contribution < -0.4 is 15.2 Å². The Morgan fingerprint density at radius 2 is 1.81 bits per heavy atom. The SMILES string of the molecule is COc1ccc(/C(N)=N/O)c(Oc2ccc(CO)cc2)c1. The van der Waals surface area contributed by atoms with Crippen LogP contribution in [0.4, 0.5) is 0 Å². The first kappa shape index (κ1) is 14.7. The summed E-state index contributed by atoms with van der Waals surface area (Å²) in [6, 6.07) is 11.9. The molecule has 0 amide bonds. The van der Waals surface area contributed by atoms with Gasteiger partial charge in [0.1, 0.15) is 17.2 Å². The van der Waals surface area contributed by atoms with Gasteiger partial charge < -0.3 is 25.5 Å². The molecule has 2 aromatic carbocycles. The van der Waals surface area contributed by atoms with Gasteiger partial charge in [-0.25, -0.2) is 0 Å². The molecule has 2 aromatic rings. The third-order valence-corrected chi connectivity index (χ3v) is 2.91. The Morgan fingerprint density at radius 1 is 1.14 bits per heavy atom. The number of oxime groups is 1. The molecule has 0 atom stereocenters. The topological polar surface area (TPSA) is 97.3 Å². The van der Waals surface area contributed by atoms with Gasteiger partial charge in [0.25, 0.3) is 0 Å². The maximum Gasteiger partial charge on any atom is 0.173 e. The van der Waals surface area contributed by atoms with Gasteiger partial charge in [-0.05, 0) is 29.8 Å². The van der Waals surface area contributed by atoms with Crippen molar-refractivity contribution in [1.82, 2.24) is 0 Å². The summed E-state index contributed by atoms with van der Waals surface area (Å²) in [7, 11) is 1.54. The fourth-order valence-electron chi connectivity index (χ4n) is 1.77. The normalized spacial score (nSPS) is 11.2. The van der Waals surface area contributed by atoms with Crippen molar-refractivity contribution in [3.8, 4) is 17.2 Å². The van der Waals surface area contributed by atoms with Gasteiger partial charge in [0.2, 0.25) is 0 Å². The van der Waals surface area contributed by atoms with Crippen LogP contribution in [-0.4, -0.2) is 23.3 Å². The molecule has 0 spiro atoms. The van der Waals surface area contributed by atoms with Crippen LogP contribution in [0.1, 0.15) is 11.1 Å². The summed E-state index contributed by atoms with van der Waals surface area (Å²) in [6.45, 7) is -0.0329. The third-order valence-electron chi connectivity index (χ3n) is 2.91. The highest BCUT2D eigenvalue weighted by Gasteiger charge is 2.11. The zero-order valence-electron chi connectivity index (χ0n) is 11.5. The summed E-state index contributed by atoms with van der Waals surface area (Å²) < 4.78 is 10.9. The van der Waals surface area contributed by atoms with E-state index in [-0.39, 0.29) is 12.4 Å². The number of methoxy groups -OCH3 is 1. The molecule has 0 heterocycles. The number of rotatable bonds is 5. The number of hydrogen-bond acceptors (Lipinski definition) is 5. The van der Waals surface area contributed by atoms with Gasteiger partial charge in [-0.1, -0.05) is 17.3 Å². The number of amidine groups is 1. The second-order valence-corrected chi connectivity index (χ2v) is 4.25. The van der Waals surface area contributed by atoms with E-state index >= 15 is 0 Å². The number of nitrogens with two attached hydrogens (primary N) is 1. The Bertz CT molecular complexity index is 639. The van der Waals surface area contributed by atoms with Crippen LogP contribution in [0.3, 0.4) is 0 Å². The lowest BCUT2D eigenvalue weighted by atomic mass is 10.1. The number of aliphatic hydroxyl groups excluding tert-OH is 1. The number of hydrogen-bond donors (Lipinski definition) is 3. The summed E-state index contributed by atoms with van der Waals surface area (Å²) in [5.74, 6) is 1.50. The van der Waals surface area contributed by atoms with Gasteiger partial charge in [-0.3, -0.25) is 0 Å². The highest BCUT2D eigenvalue weighted by atomic mass is 16.5. The first-order valence-corrected chi connectivity index (χ1v) is 6.21. The zero-order chi connectivity index (χ0) is 15.2. The van der Waals surface area contributed by atoms with Crippen molar-refractivity contribution in [2.24, 2.45) is 10.9 Å². The van der Waals surface area contributed by atoms with E-state index in [1.165, 1.54) is 7.11 Å². The average molecular weight is 288 g/mol. The van der Waals surface area contributed by atoms with Crippen LogP contribution in [0, 0.1) is 0 Å².